The average Bonchev–Trinajstić information content (AvgIpc) is 2.93. The van der Waals surface area contributed by atoms with Crippen molar-refractivity contribution in [2.45, 2.75) is 0 Å². The number of carbonyl (C=O) groups is 1. The van der Waals surface area contributed by atoms with E-state index in [1.807, 2.05) is 0 Å². The van der Waals surface area contributed by atoms with E-state index < -0.39 is 5.76 Å². The van der Waals surface area contributed by atoms with Gasteiger partial charge in [-0.25, -0.2) is 4.79 Å². The lowest BCUT2D eigenvalue weighted by atomic mass is 10.1. The molecular weight excluding hydrogens is 300 g/mol. The highest BCUT2D eigenvalue weighted by Gasteiger charge is 2.14. The fraction of sp³-hybridized carbons (Fsp3) is 0.125. The summed E-state index contributed by atoms with van der Waals surface area (Å²) in [6.07, 6.45) is 0. The Hall–Kier alpha value is -3.22. The first kappa shape index (κ1) is 14.7. The molecule has 1 heterocycles. The molecule has 2 aromatic carbocycles. The molecular formula is C16H14N2O5. The van der Waals surface area contributed by atoms with E-state index >= 15 is 0 Å². The Balaban J connectivity index is 1.92. The van der Waals surface area contributed by atoms with Crippen molar-refractivity contribution in [3.63, 3.8) is 0 Å². The second kappa shape index (κ2) is 5.88. The standard InChI is InChI=1S/C16H14N2O5/c1-21-10-4-6-13(22-2)11(8-10)15(19)17-9-3-5-14-12(7-9)18-16(20)23-14/h3-8H,1-2H3,(H,17,19)(H,18,20). The van der Waals surface area contributed by atoms with Crippen molar-refractivity contribution >= 4 is 22.7 Å². The molecule has 0 atom stereocenters. The fourth-order valence-corrected chi connectivity index (χ4v) is 2.22. The van der Waals surface area contributed by atoms with Gasteiger partial charge in [0.2, 0.25) is 0 Å². The van der Waals surface area contributed by atoms with Crippen LogP contribution in [0.15, 0.2) is 45.6 Å². The van der Waals surface area contributed by atoms with Gasteiger partial charge in [0, 0.05) is 5.69 Å². The molecule has 7 nitrogen and oxygen atoms in total. The number of methoxy groups -OCH3 is 2. The molecule has 0 spiro atoms. The summed E-state index contributed by atoms with van der Waals surface area (Å²) in [5.41, 5.74) is 1.79. The lowest BCUT2D eigenvalue weighted by Crippen LogP contribution is -2.13. The average molecular weight is 314 g/mol. The lowest BCUT2D eigenvalue weighted by molar-refractivity contribution is 0.102. The van der Waals surface area contributed by atoms with E-state index in [-0.39, 0.29) is 5.91 Å². The molecule has 1 aromatic heterocycles. The Morgan fingerprint density at radius 2 is 1.96 bits per heavy atom. The Morgan fingerprint density at radius 1 is 1.13 bits per heavy atom. The first-order valence-corrected chi connectivity index (χ1v) is 6.77. The van der Waals surface area contributed by atoms with Gasteiger partial charge in [0.15, 0.2) is 5.58 Å². The van der Waals surface area contributed by atoms with Gasteiger partial charge in [-0.15, -0.1) is 0 Å². The van der Waals surface area contributed by atoms with Crippen LogP contribution in [0.25, 0.3) is 11.1 Å². The van der Waals surface area contributed by atoms with Crippen molar-refractivity contribution in [1.82, 2.24) is 4.98 Å². The van der Waals surface area contributed by atoms with Crippen LogP contribution in [0.2, 0.25) is 0 Å². The summed E-state index contributed by atoms with van der Waals surface area (Å²) < 4.78 is 15.2. The van der Waals surface area contributed by atoms with Gasteiger partial charge in [-0.2, -0.15) is 0 Å². The van der Waals surface area contributed by atoms with Gasteiger partial charge in [-0.05, 0) is 36.4 Å². The number of nitrogens with one attached hydrogen (secondary N) is 2. The number of hydrogen-bond donors (Lipinski definition) is 2. The second-order valence-electron chi connectivity index (χ2n) is 4.75. The van der Waals surface area contributed by atoms with Crippen LogP contribution in [-0.4, -0.2) is 25.1 Å². The number of hydrogen-bond acceptors (Lipinski definition) is 5. The number of aromatic nitrogens is 1. The molecule has 3 rings (SSSR count). The normalized spacial score (nSPS) is 10.5. The Bertz CT molecular complexity index is 926. The highest BCUT2D eigenvalue weighted by molar-refractivity contribution is 6.07. The maximum absolute atomic E-state index is 12.5. The Kier molecular flexibility index (Phi) is 3.76. The fourth-order valence-electron chi connectivity index (χ4n) is 2.22. The molecule has 0 unspecified atom stereocenters. The molecule has 0 aliphatic carbocycles. The minimum Gasteiger partial charge on any atom is -0.497 e. The summed E-state index contributed by atoms with van der Waals surface area (Å²) in [7, 11) is 3.01. The SMILES string of the molecule is COc1ccc(OC)c(C(=O)Nc2ccc3oc(=O)[nH]c3c2)c1. The van der Waals surface area contributed by atoms with Gasteiger partial charge in [0.1, 0.15) is 11.5 Å². The summed E-state index contributed by atoms with van der Waals surface area (Å²) in [5, 5.41) is 2.75. The van der Waals surface area contributed by atoms with E-state index in [1.54, 1.807) is 36.4 Å². The summed E-state index contributed by atoms with van der Waals surface area (Å²) in [5.74, 6) is 0.0792. The van der Waals surface area contributed by atoms with E-state index in [1.165, 1.54) is 14.2 Å². The van der Waals surface area contributed by atoms with E-state index in [9.17, 15) is 9.59 Å². The summed E-state index contributed by atoms with van der Waals surface area (Å²) >= 11 is 0. The number of ether oxygens (including phenoxy) is 2. The molecule has 0 aliphatic heterocycles. The quantitative estimate of drug-likeness (QED) is 0.771. The topological polar surface area (TPSA) is 93.6 Å². The number of oxazole rings is 1. The zero-order chi connectivity index (χ0) is 16.4. The lowest BCUT2D eigenvalue weighted by Gasteiger charge is -2.11. The monoisotopic (exact) mass is 314 g/mol. The van der Waals surface area contributed by atoms with E-state index in [0.29, 0.717) is 33.8 Å². The van der Waals surface area contributed by atoms with Gasteiger partial charge in [0.25, 0.3) is 5.91 Å². The first-order chi connectivity index (χ1) is 11.1. The van der Waals surface area contributed by atoms with Gasteiger partial charge in [0.05, 0.1) is 25.3 Å². The molecule has 0 radical (unpaired) electrons. The van der Waals surface area contributed by atoms with Crippen LogP contribution in [0.5, 0.6) is 11.5 Å². The Morgan fingerprint density at radius 3 is 2.70 bits per heavy atom. The third-order valence-electron chi connectivity index (χ3n) is 3.33. The number of rotatable bonds is 4. The number of fused-ring (bicyclic) bond motifs is 1. The number of carbonyl (C=O) groups excluding carboxylic acids is 1. The van der Waals surface area contributed by atoms with Crippen LogP contribution in [0.3, 0.4) is 0 Å². The van der Waals surface area contributed by atoms with Crippen molar-refractivity contribution < 1.29 is 18.7 Å². The highest BCUT2D eigenvalue weighted by atomic mass is 16.5. The molecule has 1 amide bonds. The third kappa shape index (κ3) is 2.89. The van der Waals surface area contributed by atoms with Crippen molar-refractivity contribution in [3.8, 4) is 11.5 Å². The Labute approximate surface area is 130 Å². The molecule has 2 N–H and O–H groups in total. The largest absolute Gasteiger partial charge is 0.497 e. The predicted octanol–water partition coefficient (Wildman–Crippen LogP) is 2.39. The number of amides is 1. The van der Waals surface area contributed by atoms with Gasteiger partial charge < -0.3 is 19.2 Å². The van der Waals surface area contributed by atoms with Crippen molar-refractivity contribution in [2.75, 3.05) is 19.5 Å². The second-order valence-corrected chi connectivity index (χ2v) is 4.75. The molecule has 118 valence electrons. The molecule has 0 aliphatic rings. The van der Waals surface area contributed by atoms with Crippen molar-refractivity contribution in [3.05, 3.63) is 52.5 Å². The summed E-state index contributed by atoms with van der Waals surface area (Å²) in [6, 6.07) is 9.81. The number of anilines is 1. The smallest absolute Gasteiger partial charge is 0.417 e. The van der Waals surface area contributed by atoms with Crippen LogP contribution < -0.4 is 20.5 Å². The number of aromatic amines is 1. The van der Waals surface area contributed by atoms with E-state index in [0.717, 1.165) is 0 Å². The summed E-state index contributed by atoms with van der Waals surface area (Å²) in [4.78, 5) is 26.2. The molecule has 23 heavy (non-hydrogen) atoms. The molecule has 7 heteroatoms. The predicted molar refractivity (Wildman–Crippen MR) is 84.3 cm³/mol. The minimum absolute atomic E-state index is 0.340. The molecule has 0 bridgehead atoms. The molecule has 3 aromatic rings. The van der Waals surface area contributed by atoms with E-state index in [4.69, 9.17) is 13.9 Å². The zero-order valence-electron chi connectivity index (χ0n) is 12.5. The van der Waals surface area contributed by atoms with Crippen LogP contribution in [-0.2, 0) is 0 Å². The first-order valence-electron chi connectivity index (χ1n) is 6.77. The maximum atomic E-state index is 12.5. The number of H-pyrrole nitrogens is 1. The van der Waals surface area contributed by atoms with E-state index in [2.05, 4.69) is 10.3 Å². The maximum Gasteiger partial charge on any atom is 0.417 e. The molecule has 0 saturated carbocycles. The van der Waals surface area contributed by atoms with Crippen LogP contribution in [0, 0.1) is 0 Å². The van der Waals surface area contributed by atoms with Gasteiger partial charge >= 0.3 is 5.76 Å². The van der Waals surface area contributed by atoms with Crippen molar-refractivity contribution in [2.24, 2.45) is 0 Å². The molecule has 0 saturated heterocycles. The minimum atomic E-state index is -0.544. The zero-order valence-corrected chi connectivity index (χ0v) is 12.5. The molecule has 0 fully saturated rings. The summed E-state index contributed by atoms with van der Waals surface area (Å²) in [6.45, 7) is 0. The highest BCUT2D eigenvalue weighted by Crippen LogP contribution is 2.25. The van der Waals surface area contributed by atoms with Crippen LogP contribution in [0.1, 0.15) is 10.4 Å². The van der Waals surface area contributed by atoms with Crippen molar-refractivity contribution in [1.29, 1.82) is 0 Å². The number of benzene rings is 2. The van der Waals surface area contributed by atoms with Crippen LogP contribution in [0.4, 0.5) is 5.69 Å². The van der Waals surface area contributed by atoms with Crippen LogP contribution >= 0.6 is 0 Å². The van der Waals surface area contributed by atoms with Gasteiger partial charge in [-0.1, -0.05) is 0 Å². The van der Waals surface area contributed by atoms with Gasteiger partial charge in [-0.3, -0.25) is 9.78 Å². The third-order valence-corrected chi connectivity index (χ3v) is 3.33.